The molecule has 1 fully saturated rings. The van der Waals surface area contributed by atoms with Gasteiger partial charge < -0.3 is 25.3 Å². The van der Waals surface area contributed by atoms with E-state index in [1.165, 1.54) is 6.33 Å². The van der Waals surface area contributed by atoms with Gasteiger partial charge in [-0.25, -0.2) is 9.97 Å². The molecule has 0 aromatic carbocycles. The molecule has 0 spiro atoms. The molecule has 2 aromatic heterocycles. The van der Waals surface area contributed by atoms with Gasteiger partial charge in [0.1, 0.15) is 30.0 Å². The van der Waals surface area contributed by atoms with E-state index in [-0.39, 0.29) is 0 Å². The van der Waals surface area contributed by atoms with Crippen molar-refractivity contribution in [2.24, 2.45) is 0 Å². The van der Waals surface area contributed by atoms with E-state index in [1.54, 1.807) is 17.7 Å². The van der Waals surface area contributed by atoms with Gasteiger partial charge in [0.05, 0.1) is 11.5 Å². The van der Waals surface area contributed by atoms with E-state index in [0.717, 1.165) is 8.96 Å². The number of aromatic nitrogens is 3. The number of aliphatic hydroxyl groups is 2. The molecule has 1 aliphatic heterocycles. The number of fused-ring (bicyclic) bond motifs is 1. The van der Waals surface area contributed by atoms with Crippen molar-refractivity contribution in [2.75, 3.05) is 5.73 Å². The number of nitrogens with two attached hydrogens (primary N) is 1. The number of nitrogen functional groups attached to an aromatic ring is 1. The molecular formula is C11H13IN4O3. The van der Waals surface area contributed by atoms with Crippen LogP contribution >= 0.6 is 22.6 Å². The maximum absolute atomic E-state index is 10.0. The highest BCUT2D eigenvalue weighted by Crippen LogP contribution is 2.34. The first-order chi connectivity index (χ1) is 9.00. The number of ether oxygens (including phenoxy) is 1. The van der Waals surface area contributed by atoms with Crippen LogP contribution in [0.3, 0.4) is 0 Å². The summed E-state index contributed by atoms with van der Waals surface area (Å²) in [5.74, 6) is 0.384. The highest BCUT2D eigenvalue weighted by molar-refractivity contribution is 14.1. The van der Waals surface area contributed by atoms with Gasteiger partial charge >= 0.3 is 0 Å². The Morgan fingerprint density at radius 1 is 1.37 bits per heavy atom. The normalized spacial score (nSPS) is 31.2. The summed E-state index contributed by atoms with van der Waals surface area (Å²) in [5, 5.41) is 20.6. The fourth-order valence-corrected chi connectivity index (χ4v) is 3.13. The molecule has 0 saturated carbocycles. The van der Waals surface area contributed by atoms with Gasteiger partial charge in [-0.15, -0.1) is 0 Å². The first kappa shape index (κ1) is 13.0. The number of nitrogens with zero attached hydrogens (tertiary/aromatic N) is 3. The Labute approximate surface area is 122 Å². The fourth-order valence-electron chi connectivity index (χ4n) is 2.31. The van der Waals surface area contributed by atoms with Gasteiger partial charge in [0.2, 0.25) is 0 Å². The zero-order valence-electron chi connectivity index (χ0n) is 10.1. The molecule has 0 bridgehead atoms. The van der Waals surface area contributed by atoms with E-state index >= 15 is 0 Å². The van der Waals surface area contributed by atoms with Crippen LogP contribution in [0, 0.1) is 3.57 Å². The summed E-state index contributed by atoms with van der Waals surface area (Å²) in [7, 11) is 0. The lowest BCUT2D eigenvalue weighted by atomic mass is 10.1. The smallest absolute Gasteiger partial charge is 0.164 e. The third-order valence-electron chi connectivity index (χ3n) is 3.34. The van der Waals surface area contributed by atoms with Crippen LogP contribution in [0.5, 0.6) is 0 Å². The van der Waals surface area contributed by atoms with Gasteiger partial charge in [0, 0.05) is 9.77 Å². The number of anilines is 1. The first-order valence-corrected chi connectivity index (χ1v) is 6.86. The molecule has 0 amide bonds. The average molecular weight is 376 g/mol. The SMILES string of the molecule is C[C@H]1O[C@@H](n2cc(I)c3c(N)ncnc32)[C@@H](O)[C@H]1O. The topological polar surface area (TPSA) is 106 Å². The van der Waals surface area contributed by atoms with E-state index in [0.29, 0.717) is 11.5 Å². The maximum Gasteiger partial charge on any atom is 0.164 e. The Kier molecular flexibility index (Phi) is 3.12. The third kappa shape index (κ3) is 1.90. The number of aliphatic hydroxyl groups excluding tert-OH is 2. The molecule has 102 valence electrons. The van der Waals surface area contributed by atoms with Crippen LogP contribution in [0.2, 0.25) is 0 Å². The predicted molar refractivity (Wildman–Crippen MR) is 76.3 cm³/mol. The van der Waals surface area contributed by atoms with Crippen molar-refractivity contribution < 1.29 is 14.9 Å². The molecule has 7 nitrogen and oxygen atoms in total. The number of hydrogen-bond acceptors (Lipinski definition) is 6. The highest BCUT2D eigenvalue weighted by atomic mass is 127. The molecule has 3 heterocycles. The molecule has 8 heteroatoms. The Hall–Kier alpha value is -0.970. The van der Waals surface area contributed by atoms with Crippen molar-refractivity contribution in [3.63, 3.8) is 0 Å². The second-order valence-corrected chi connectivity index (χ2v) is 5.72. The lowest BCUT2D eigenvalue weighted by molar-refractivity contribution is -0.0297. The highest BCUT2D eigenvalue weighted by Gasteiger charge is 2.42. The van der Waals surface area contributed by atoms with Crippen LogP contribution in [-0.2, 0) is 4.74 Å². The van der Waals surface area contributed by atoms with Gasteiger partial charge in [-0.3, -0.25) is 0 Å². The summed E-state index contributed by atoms with van der Waals surface area (Å²) in [5.41, 5.74) is 6.42. The summed E-state index contributed by atoms with van der Waals surface area (Å²) in [4.78, 5) is 8.14. The molecule has 1 aliphatic rings. The van der Waals surface area contributed by atoms with Gasteiger partial charge in [-0.05, 0) is 29.5 Å². The molecular weight excluding hydrogens is 363 g/mol. The van der Waals surface area contributed by atoms with Gasteiger partial charge in [0.25, 0.3) is 0 Å². The van der Waals surface area contributed by atoms with Crippen LogP contribution in [0.15, 0.2) is 12.5 Å². The Morgan fingerprint density at radius 2 is 2.11 bits per heavy atom. The van der Waals surface area contributed by atoms with Crippen LogP contribution in [0.25, 0.3) is 11.0 Å². The molecule has 19 heavy (non-hydrogen) atoms. The lowest BCUT2D eigenvalue weighted by Gasteiger charge is -2.17. The van der Waals surface area contributed by atoms with Crippen molar-refractivity contribution in [3.8, 4) is 0 Å². The standard InChI is InChI=1S/C11H13IN4O3/c1-4-7(17)8(18)11(19-4)16-2-5(12)6-9(13)14-3-15-10(6)16/h2-4,7-8,11,17-18H,1H3,(H2,13,14,15)/t4-,7+,8+,11-/m1/s1. The molecule has 3 rings (SSSR count). The summed E-state index contributed by atoms with van der Waals surface area (Å²) < 4.78 is 8.15. The van der Waals surface area contributed by atoms with E-state index in [2.05, 4.69) is 32.6 Å². The van der Waals surface area contributed by atoms with Crippen LogP contribution in [0.4, 0.5) is 5.82 Å². The Morgan fingerprint density at radius 3 is 2.74 bits per heavy atom. The minimum atomic E-state index is -1.00. The molecule has 0 aliphatic carbocycles. The second-order valence-electron chi connectivity index (χ2n) is 4.55. The monoisotopic (exact) mass is 376 g/mol. The molecule has 4 atom stereocenters. The minimum Gasteiger partial charge on any atom is -0.388 e. The fraction of sp³-hybridized carbons (Fsp3) is 0.455. The summed E-state index contributed by atoms with van der Waals surface area (Å²) in [6.45, 7) is 1.72. The molecule has 0 radical (unpaired) electrons. The van der Waals surface area contributed by atoms with Crippen molar-refractivity contribution in [1.29, 1.82) is 0 Å². The van der Waals surface area contributed by atoms with E-state index in [4.69, 9.17) is 10.5 Å². The third-order valence-corrected chi connectivity index (χ3v) is 4.16. The van der Waals surface area contributed by atoms with Crippen LogP contribution in [-0.4, -0.2) is 43.1 Å². The Balaban J connectivity index is 2.14. The quantitative estimate of drug-likeness (QED) is 0.617. The average Bonchev–Trinajstić information content (AvgIpc) is 2.83. The van der Waals surface area contributed by atoms with Crippen molar-refractivity contribution in [3.05, 3.63) is 16.1 Å². The lowest BCUT2D eigenvalue weighted by Crippen LogP contribution is -2.30. The summed E-state index contributed by atoms with van der Waals surface area (Å²) in [6, 6.07) is 0. The van der Waals surface area contributed by atoms with Gasteiger partial charge in [-0.1, -0.05) is 0 Å². The predicted octanol–water partition coefficient (Wildman–Crippen LogP) is 0.257. The molecule has 1 saturated heterocycles. The van der Waals surface area contributed by atoms with E-state index in [1.807, 2.05) is 0 Å². The summed E-state index contributed by atoms with van der Waals surface area (Å²) in [6.07, 6.45) is 0.122. The first-order valence-electron chi connectivity index (χ1n) is 5.79. The van der Waals surface area contributed by atoms with Gasteiger partial charge in [0.15, 0.2) is 6.23 Å². The van der Waals surface area contributed by atoms with Crippen molar-refractivity contribution in [2.45, 2.75) is 31.5 Å². The van der Waals surface area contributed by atoms with Crippen molar-refractivity contribution >= 4 is 39.4 Å². The number of hydrogen-bond donors (Lipinski definition) is 3. The maximum atomic E-state index is 10.0. The van der Waals surface area contributed by atoms with Crippen molar-refractivity contribution in [1.82, 2.24) is 14.5 Å². The largest absolute Gasteiger partial charge is 0.388 e. The zero-order chi connectivity index (χ0) is 13.7. The van der Waals surface area contributed by atoms with Gasteiger partial charge in [-0.2, -0.15) is 0 Å². The van der Waals surface area contributed by atoms with E-state index in [9.17, 15) is 10.2 Å². The second kappa shape index (κ2) is 4.54. The minimum absolute atomic E-state index is 0.384. The molecule has 0 unspecified atom stereocenters. The van der Waals surface area contributed by atoms with Crippen LogP contribution in [0.1, 0.15) is 13.2 Å². The number of halogens is 1. The Bertz CT molecular complexity index is 632. The van der Waals surface area contributed by atoms with Crippen LogP contribution < -0.4 is 5.73 Å². The zero-order valence-corrected chi connectivity index (χ0v) is 12.2. The molecule has 4 N–H and O–H groups in total. The van der Waals surface area contributed by atoms with E-state index < -0.39 is 24.5 Å². The number of rotatable bonds is 1. The summed E-state index contributed by atoms with van der Waals surface area (Å²) >= 11 is 2.13. The molecule has 2 aromatic rings.